The molecule has 5 aromatic heterocycles. The van der Waals surface area contributed by atoms with Gasteiger partial charge in [-0.15, -0.1) is 0 Å². The van der Waals surface area contributed by atoms with Crippen LogP contribution in [0.1, 0.15) is 41.4 Å². The Morgan fingerprint density at radius 1 is 0.297 bits per heavy atom. The number of carboxylic acid groups (broad SMARTS) is 4. The van der Waals surface area contributed by atoms with Gasteiger partial charge >= 0.3 is 0 Å². The molecule has 23 heteroatoms. The van der Waals surface area contributed by atoms with Crippen molar-refractivity contribution in [3.63, 3.8) is 0 Å². The van der Waals surface area contributed by atoms with Crippen LogP contribution in [0.5, 0.6) is 0 Å². The number of carbonyl (C=O) groups is 4. The Morgan fingerprint density at radius 2 is 0.469 bits per heavy atom. The van der Waals surface area contributed by atoms with Gasteiger partial charge in [0.05, 0.1) is 23.9 Å². The quantitative estimate of drug-likeness (QED) is 0.0800. The third-order valence-electron chi connectivity index (χ3n) is 6.89. The van der Waals surface area contributed by atoms with Gasteiger partial charge in [0.15, 0.2) is 0 Å². The van der Waals surface area contributed by atoms with Crippen molar-refractivity contribution in [1.82, 2.24) is 4.98 Å². The highest BCUT2D eigenvalue weighted by molar-refractivity contribution is 6.00. The lowest BCUT2D eigenvalue weighted by Crippen LogP contribution is -2.29. The van der Waals surface area contributed by atoms with Crippen LogP contribution in [0.15, 0.2) is 140 Å². The fourth-order valence-electron chi connectivity index (χ4n) is 4.17. The van der Waals surface area contributed by atoms with E-state index in [1.165, 1.54) is 24.3 Å². The molecule has 0 radical (unpaired) electrons. The predicted molar refractivity (Wildman–Crippen MR) is 231 cm³/mol. The maximum Gasteiger partial charge on any atom is 0.216 e. The summed E-state index contributed by atoms with van der Waals surface area (Å²) in [7, 11) is 0. The molecule has 0 aliphatic rings. The number of rotatable bonds is 4. The number of nitrogens with two attached hydrogens (primary N) is 10. The molecule has 0 amide bonds. The molecule has 0 atom stereocenters. The summed E-state index contributed by atoms with van der Waals surface area (Å²) < 4.78 is 0. The van der Waals surface area contributed by atoms with Gasteiger partial charge in [0, 0.05) is 70.8 Å². The number of aromatic nitrogens is 5. The number of aromatic carboxylic acids is 4. The van der Waals surface area contributed by atoms with Gasteiger partial charge in [-0.3, -0.25) is 0 Å². The summed E-state index contributed by atoms with van der Waals surface area (Å²) >= 11 is 0. The molecule has 64 heavy (non-hydrogen) atoms. The maximum absolute atomic E-state index is 10.3. The van der Waals surface area contributed by atoms with E-state index in [1.807, 2.05) is 0 Å². The van der Waals surface area contributed by atoms with Gasteiger partial charge in [0.1, 0.15) is 11.6 Å². The van der Waals surface area contributed by atoms with E-state index in [-0.39, 0.29) is 22.3 Å². The maximum atomic E-state index is 10.3. The highest BCUT2D eigenvalue weighted by Crippen LogP contribution is 2.07. The number of anilines is 10. The first kappa shape index (κ1) is 52.1. The molecule has 2 aromatic carbocycles. The average molecular weight is 878 g/mol. The van der Waals surface area contributed by atoms with Gasteiger partial charge in [-0.25, -0.2) is 24.9 Å². The minimum absolute atomic E-state index is 0.363. The minimum atomic E-state index is -1.52. The third-order valence-corrected chi connectivity index (χ3v) is 6.89. The van der Waals surface area contributed by atoms with E-state index in [2.05, 4.69) is 24.9 Å². The topological polar surface area (TPSA) is 490 Å². The van der Waals surface area contributed by atoms with Crippen LogP contribution < -0.4 is 97.7 Å². The van der Waals surface area contributed by atoms with Crippen molar-refractivity contribution < 1.29 is 59.5 Å². The van der Waals surface area contributed by atoms with Crippen molar-refractivity contribution in [3.05, 3.63) is 162 Å². The third kappa shape index (κ3) is 22.3. The number of nitrogen functional groups attached to an aromatic ring is 10. The highest BCUT2D eigenvalue weighted by Gasteiger charge is 2.03. The summed E-state index contributed by atoms with van der Waals surface area (Å²) in [4.78, 5) is 55.9. The number of nitrogens with one attached hydrogen (secondary N) is 4. The van der Waals surface area contributed by atoms with E-state index in [0.29, 0.717) is 58.2 Å². The van der Waals surface area contributed by atoms with Crippen molar-refractivity contribution in [2.45, 2.75) is 0 Å². The summed E-state index contributed by atoms with van der Waals surface area (Å²) in [6, 6.07) is 36.6. The van der Waals surface area contributed by atoms with Crippen LogP contribution in [0, 0.1) is 0 Å². The molecule has 334 valence electrons. The Bertz CT molecular complexity index is 2110. The van der Waals surface area contributed by atoms with Crippen molar-refractivity contribution in [2.75, 3.05) is 57.3 Å². The molecule has 0 aliphatic heterocycles. The zero-order valence-corrected chi connectivity index (χ0v) is 33.8. The normalized spacial score (nSPS) is 9.12. The van der Waals surface area contributed by atoms with Gasteiger partial charge in [0.2, 0.25) is 46.5 Å². The Kier molecular flexibility index (Phi) is 22.5. The highest BCUT2D eigenvalue weighted by atomic mass is 16.4. The number of carboxylic acids is 4. The second-order valence-corrected chi connectivity index (χ2v) is 12.0. The number of hydrogen-bond donors (Lipinski definition) is 10. The van der Waals surface area contributed by atoms with Crippen LogP contribution in [0.25, 0.3) is 0 Å². The summed E-state index contributed by atoms with van der Waals surface area (Å²) in [5, 5.41) is 41.3. The lowest BCUT2D eigenvalue weighted by Gasteiger charge is -2.09. The lowest BCUT2D eigenvalue weighted by atomic mass is 10.1. The fraction of sp³-hybridized carbons (Fsp3) is 0. The predicted octanol–water partition coefficient (Wildman–Crippen LogP) is -4.27. The first-order chi connectivity index (χ1) is 30.2. The monoisotopic (exact) mass is 877 g/mol. The molecule has 0 saturated heterocycles. The van der Waals surface area contributed by atoms with Crippen LogP contribution >= 0.6 is 0 Å². The van der Waals surface area contributed by atoms with Crippen LogP contribution in [-0.4, -0.2) is 28.9 Å². The molecule has 0 unspecified atom stereocenters. The Labute approximate surface area is 365 Å². The Morgan fingerprint density at radius 3 is 0.578 bits per heavy atom. The zero-order valence-electron chi connectivity index (χ0n) is 33.8. The van der Waals surface area contributed by atoms with Crippen molar-refractivity contribution in [2.24, 2.45) is 0 Å². The number of nitrogens with zero attached hydrogens (tertiary/aromatic N) is 1. The Hall–Kier alpha value is -9.93. The second kappa shape index (κ2) is 27.7. The van der Waals surface area contributed by atoms with E-state index in [4.69, 9.17) is 57.3 Å². The molecular weight excluding hydrogens is 831 g/mol. The average Bonchev–Trinajstić information content (AvgIpc) is 3.22. The first-order valence-electron chi connectivity index (χ1n) is 17.8. The number of carbonyl (C=O) groups excluding carboxylic acids is 4. The largest absolute Gasteiger partial charge is 0.545 e. The number of hydrogen-bond acceptors (Lipinski definition) is 19. The minimum Gasteiger partial charge on any atom is -0.545 e. The molecule has 7 rings (SSSR count). The van der Waals surface area contributed by atoms with Gasteiger partial charge in [-0.1, -0.05) is 54.6 Å². The number of H-pyrrole nitrogens is 4. The molecule has 0 saturated carbocycles. The summed E-state index contributed by atoms with van der Waals surface area (Å²) in [6.45, 7) is 0. The summed E-state index contributed by atoms with van der Waals surface area (Å²) in [5.41, 5.74) is 51.7. The van der Waals surface area contributed by atoms with E-state index < -0.39 is 23.9 Å². The van der Waals surface area contributed by atoms with Gasteiger partial charge in [-0.05, 0) is 36.4 Å². The summed E-state index contributed by atoms with van der Waals surface area (Å²) in [5.74, 6) is -0.445. The SMILES string of the molecule is Nc1cccc(N)[nH+]1.Nc1cccc(N)[nH+]1.Nc1cccc(N)[nH+]1.Nc1cccc(N)[nH+]1.Nc1cccc(N)n1.O=C([O-])c1ccccc1C(=O)[O-].O=C([O-])c1ccccc1C(=O)[O-]. The molecule has 0 spiro atoms. The lowest BCUT2D eigenvalue weighted by molar-refractivity contribution is -0.343. The van der Waals surface area contributed by atoms with Crippen molar-refractivity contribution >= 4 is 82.1 Å². The summed E-state index contributed by atoms with van der Waals surface area (Å²) in [6.07, 6.45) is 0. The molecule has 24 N–H and O–H groups in total. The van der Waals surface area contributed by atoms with Crippen LogP contribution in [0.3, 0.4) is 0 Å². The van der Waals surface area contributed by atoms with Gasteiger partial charge in [0.25, 0.3) is 0 Å². The van der Waals surface area contributed by atoms with Gasteiger partial charge in [-0.2, -0.15) is 0 Å². The standard InChI is InChI=1S/2C8H6O4.5C5H7N3/c2*9-7(10)5-3-1-2-4-6(5)8(11)12;5*6-4-2-1-3-5(7)8-4/h2*1-4H,(H,9,10)(H,11,12);5*1-3H,(H4,6,7,8). The van der Waals surface area contributed by atoms with Crippen molar-refractivity contribution in [1.29, 1.82) is 0 Å². The zero-order chi connectivity index (χ0) is 48.2. The Balaban J connectivity index is 0.000000376. The molecule has 0 aliphatic carbocycles. The number of aromatic amines is 4. The van der Waals surface area contributed by atoms with Crippen molar-refractivity contribution in [3.8, 4) is 0 Å². The van der Waals surface area contributed by atoms with E-state index in [9.17, 15) is 39.6 Å². The van der Waals surface area contributed by atoms with E-state index in [1.54, 1.807) is 91.0 Å². The van der Waals surface area contributed by atoms with Crippen LogP contribution in [0.4, 0.5) is 58.2 Å². The molecule has 0 bridgehead atoms. The molecule has 7 aromatic rings. The van der Waals surface area contributed by atoms with Gasteiger partial charge < -0.3 is 96.9 Å². The molecular formula is C41H47N15O8. The molecule has 5 heterocycles. The second-order valence-electron chi connectivity index (χ2n) is 12.0. The number of benzene rings is 2. The van der Waals surface area contributed by atoms with E-state index >= 15 is 0 Å². The van der Waals surface area contributed by atoms with E-state index in [0.717, 1.165) is 24.3 Å². The first-order valence-corrected chi connectivity index (χ1v) is 17.8. The molecule has 23 nitrogen and oxygen atoms in total. The van der Waals surface area contributed by atoms with Crippen LogP contribution in [0.2, 0.25) is 0 Å². The van der Waals surface area contributed by atoms with Crippen LogP contribution in [-0.2, 0) is 0 Å². The molecule has 0 fully saturated rings. The number of pyridine rings is 5. The smallest absolute Gasteiger partial charge is 0.216 e. The fourth-order valence-corrected chi connectivity index (χ4v) is 4.17.